The highest BCUT2D eigenvalue weighted by Crippen LogP contribution is 2.25. The molecule has 146 valence electrons. The Morgan fingerprint density at radius 3 is 2.59 bits per heavy atom. The van der Waals surface area contributed by atoms with Crippen molar-refractivity contribution < 1.29 is 27.4 Å². The normalized spacial score (nSPS) is 15.6. The number of rotatable bonds is 5. The SMILES string of the molecule is Cc1cc(C(=O)N2CCC(Oc3cccc(OCC(F)(F)F)c3)CC2)[nH]n1. The molecule has 2 heterocycles. The molecule has 0 atom stereocenters. The van der Waals surface area contributed by atoms with Crippen LogP contribution >= 0.6 is 0 Å². The Hall–Kier alpha value is -2.71. The molecule has 1 aromatic carbocycles. The number of halogens is 3. The molecule has 6 nitrogen and oxygen atoms in total. The lowest BCUT2D eigenvalue weighted by molar-refractivity contribution is -0.153. The van der Waals surface area contributed by atoms with E-state index in [4.69, 9.17) is 9.47 Å². The number of nitrogens with one attached hydrogen (secondary N) is 1. The maximum Gasteiger partial charge on any atom is 0.422 e. The van der Waals surface area contributed by atoms with Gasteiger partial charge >= 0.3 is 6.18 Å². The number of amides is 1. The topological polar surface area (TPSA) is 67.5 Å². The fourth-order valence-corrected chi connectivity index (χ4v) is 2.87. The van der Waals surface area contributed by atoms with Crippen LogP contribution in [0.4, 0.5) is 13.2 Å². The Morgan fingerprint density at radius 1 is 1.26 bits per heavy atom. The first kappa shape index (κ1) is 19.1. The van der Waals surface area contributed by atoms with Crippen LogP contribution in [0.2, 0.25) is 0 Å². The first-order valence-corrected chi connectivity index (χ1v) is 8.58. The summed E-state index contributed by atoms with van der Waals surface area (Å²) in [6.07, 6.45) is -3.24. The highest BCUT2D eigenvalue weighted by molar-refractivity contribution is 5.92. The van der Waals surface area contributed by atoms with Gasteiger partial charge in [-0.2, -0.15) is 18.3 Å². The van der Waals surface area contributed by atoms with Crippen molar-refractivity contribution in [2.24, 2.45) is 0 Å². The molecule has 27 heavy (non-hydrogen) atoms. The van der Waals surface area contributed by atoms with Gasteiger partial charge in [0.15, 0.2) is 6.61 Å². The number of H-pyrrole nitrogens is 1. The van der Waals surface area contributed by atoms with Crippen LogP contribution in [0.5, 0.6) is 11.5 Å². The minimum Gasteiger partial charge on any atom is -0.490 e. The van der Waals surface area contributed by atoms with E-state index in [1.165, 1.54) is 12.1 Å². The number of aryl methyl sites for hydroxylation is 1. The van der Waals surface area contributed by atoms with E-state index in [0.29, 0.717) is 37.4 Å². The largest absolute Gasteiger partial charge is 0.490 e. The fourth-order valence-electron chi connectivity index (χ4n) is 2.87. The molecule has 1 aliphatic heterocycles. The van der Waals surface area contributed by atoms with Gasteiger partial charge in [-0.05, 0) is 25.1 Å². The molecule has 0 saturated carbocycles. The predicted octanol–water partition coefficient (Wildman–Crippen LogP) is 3.34. The third-order valence-electron chi connectivity index (χ3n) is 4.18. The van der Waals surface area contributed by atoms with Crippen LogP contribution < -0.4 is 9.47 Å². The van der Waals surface area contributed by atoms with E-state index in [0.717, 1.165) is 5.69 Å². The number of aromatic amines is 1. The summed E-state index contributed by atoms with van der Waals surface area (Å²) in [5.74, 6) is 0.451. The minimum absolute atomic E-state index is 0.100. The number of carbonyl (C=O) groups is 1. The van der Waals surface area contributed by atoms with Crippen LogP contribution in [0.15, 0.2) is 30.3 Å². The fraction of sp³-hybridized carbons (Fsp3) is 0.444. The molecule has 1 amide bonds. The van der Waals surface area contributed by atoms with Gasteiger partial charge in [-0.3, -0.25) is 9.89 Å². The zero-order valence-electron chi connectivity index (χ0n) is 14.8. The number of carbonyl (C=O) groups excluding carboxylic acids is 1. The Kier molecular flexibility index (Phi) is 5.57. The van der Waals surface area contributed by atoms with Crippen molar-refractivity contribution >= 4 is 5.91 Å². The van der Waals surface area contributed by atoms with E-state index in [2.05, 4.69) is 10.2 Å². The number of piperidine rings is 1. The van der Waals surface area contributed by atoms with Gasteiger partial charge in [-0.25, -0.2) is 0 Å². The lowest BCUT2D eigenvalue weighted by Gasteiger charge is -2.32. The lowest BCUT2D eigenvalue weighted by Crippen LogP contribution is -2.41. The van der Waals surface area contributed by atoms with Crippen molar-refractivity contribution in [2.45, 2.75) is 32.0 Å². The molecule has 3 rings (SSSR count). The minimum atomic E-state index is -4.39. The molecule has 1 N–H and O–H groups in total. The summed E-state index contributed by atoms with van der Waals surface area (Å²) in [6, 6.07) is 7.85. The predicted molar refractivity (Wildman–Crippen MR) is 90.9 cm³/mol. The Balaban J connectivity index is 1.51. The van der Waals surface area contributed by atoms with Crippen molar-refractivity contribution in [2.75, 3.05) is 19.7 Å². The van der Waals surface area contributed by atoms with Gasteiger partial charge in [0.2, 0.25) is 0 Å². The van der Waals surface area contributed by atoms with Gasteiger partial charge in [0.1, 0.15) is 23.3 Å². The van der Waals surface area contributed by atoms with Crippen molar-refractivity contribution in [3.05, 3.63) is 41.7 Å². The smallest absolute Gasteiger partial charge is 0.422 e. The highest BCUT2D eigenvalue weighted by Gasteiger charge is 2.29. The molecular weight excluding hydrogens is 363 g/mol. The quantitative estimate of drug-likeness (QED) is 0.860. The van der Waals surface area contributed by atoms with Crippen LogP contribution in [-0.2, 0) is 0 Å². The standard InChI is InChI=1S/C18H20F3N3O3/c1-12-9-16(23-22-12)17(25)24-7-5-13(6-8-24)27-15-4-2-3-14(10-15)26-11-18(19,20)21/h2-4,9-10,13H,5-8,11H2,1H3,(H,22,23). The van der Waals surface area contributed by atoms with Gasteiger partial charge in [0, 0.05) is 32.0 Å². The van der Waals surface area contributed by atoms with Crippen molar-refractivity contribution in [3.63, 3.8) is 0 Å². The summed E-state index contributed by atoms with van der Waals surface area (Å²) in [7, 11) is 0. The molecule has 0 aliphatic carbocycles. The molecule has 0 radical (unpaired) electrons. The number of ether oxygens (including phenoxy) is 2. The van der Waals surface area contributed by atoms with Gasteiger partial charge in [0.05, 0.1) is 5.69 Å². The van der Waals surface area contributed by atoms with Gasteiger partial charge < -0.3 is 14.4 Å². The molecule has 1 saturated heterocycles. The molecule has 0 unspecified atom stereocenters. The molecular formula is C18H20F3N3O3. The van der Waals surface area contributed by atoms with E-state index in [-0.39, 0.29) is 17.8 Å². The van der Waals surface area contributed by atoms with Crippen molar-refractivity contribution in [1.29, 1.82) is 0 Å². The molecule has 0 spiro atoms. The summed E-state index contributed by atoms with van der Waals surface area (Å²) >= 11 is 0. The summed E-state index contributed by atoms with van der Waals surface area (Å²) < 4.78 is 47.3. The summed E-state index contributed by atoms with van der Waals surface area (Å²) in [4.78, 5) is 14.1. The summed E-state index contributed by atoms with van der Waals surface area (Å²) in [5.41, 5.74) is 1.21. The van der Waals surface area contributed by atoms with Crippen molar-refractivity contribution in [3.8, 4) is 11.5 Å². The van der Waals surface area contributed by atoms with Crippen LogP contribution in [0, 0.1) is 6.92 Å². The van der Waals surface area contributed by atoms with E-state index in [1.807, 2.05) is 0 Å². The second-order valence-corrected chi connectivity index (χ2v) is 6.41. The van der Waals surface area contributed by atoms with E-state index >= 15 is 0 Å². The number of benzene rings is 1. The summed E-state index contributed by atoms with van der Waals surface area (Å²) in [5, 5.41) is 6.68. The Labute approximate surface area is 154 Å². The van der Waals surface area contributed by atoms with Crippen molar-refractivity contribution in [1.82, 2.24) is 15.1 Å². The second kappa shape index (κ2) is 7.89. The zero-order chi connectivity index (χ0) is 19.4. The molecule has 2 aromatic rings. The average Bonchev–Trinajstić information content (AvgIpc) is 3.06. The summed E-state index contributed by atoms with van der Waals surface area (Å²) in [6.45, 7) is 1.53. The number of hydrogen-bond donors (Lipinski definition) is 1. The van der Waals surface area contributed by atoms with Crippen LogP contribution in [0.25, 0.3) is 0 Å². The number of likely N-dealkylation sites (tertiary alicyclic amines) is 1. The molecule has 9 heteroatoms. The van der Waals surface area contributed by atoms with E-state index in [9.17, 15) is 18.0 Å². The first-order valence-electron chi connectivity index (χ1n) is 8.58. The molecule has 0 bridgehead atoms. The average molecular weight is 383 g/mol. The first-order chi connectivity index (χ1) is 12.8. The third kappa shape index (κ3) is 5.38. The lowest BCUT2D eigenvalue weighted by atomic mass is 10.1. The molecule has 1 aromatic heterocycles. The van der Waals surface area contributed by atoms with Gasteiger partial charge in [-0.15, -0.1) is 0 Å². The Morgan fingerprint density at radius 2 is 1.96 bits per heavy atom. The third-order valence-corrected chi connectivity index (χ3v) is 4.18. The maximum absolute atomic E-state index is 12.4. The zero-order valence-corrected chi connectivity index (χ0v) is 14.8. The maximum atomic E-state index is 12.4. The Bertz CT molecular complexity index is 783. The van der Waals surface area contributed by atoms with Gasteiger partial charge in [-0.1, -0.05) is 6.07 Å². The molecule has 1 aliphatic rings. The number of nitrogens with zero attached hydrogens (tertiary/aromatic N) is 2. The second-order valence-electron chi connectivity index (χ2n) is 6.41. The number of hydrogen-bond acceptors (Lipinski definition) is 4. The van der Waals surface area contributed by atoms with Crippen LogP contribution in [0.3, 0.4) is 0 Å². The van der Waals surface area contributed by atoms with Crippen LogP contribution in [0.1, 0.15) is 29.0 Å². The number of aromatic nitrogens is 2. The monoisotopic (exact) mass is 383 g/mol. The molecule has 1 fully saturated rings. The van der Waals surface area contributed by atoms with Gasteiger partial charge in [0.25, 0.3) is 5.91 Å². The number of alkyl halides is 3. The van der Waals surface area contributed by atoms with E-state index in [1.54, 1.807) is 30.0 Å². The van der Waals surface area contributed by atoms with E-state index < -0.39 is 12.8 Å². The van der Waals surface area contributed by atoms with Crippen LogP contribution in [-0.4, -0.2) is 53.0 Å². The highest BCUT2D eigenvalue weighted by atomic mass is 19.4.